The summed E-state index contributed by atoms with van der Waals surface area (Å²) in [5.74, 6) is 1.73. The van der Waals surface area contributed by atoms with Gasteiger partial charge in [-0.1, -0.05) is 11.6 Å². The number of hydrogen-bond acceptors (Lipinski definition) is 4. The summed E-state index contributed by atoms with van der Waals surface area (Å²) in [6, 6.07) is 5.61. The first kappa shape index (κ1) is 17.7. The highest BCUT2D eigenvalue weighted by molar-refractivity contribution is 6.30. The normalized spacial score (nSPS) is 16.1. The Labute approximate surface area is 153 Å². The number of carbonyl (C=O) groups is 1. The molecule has 0 unspecified atom stereocenters. The van der Waals surface area contributed by atoms with Crippen LogP contribution in [0.5, 0.6) is 0 Å². The average Bonchev–Trinajstić information content (AvgIpc) is 3.04. The number of anilines is 2. The van der Waals surface area contributed by atoms with Crippen LogP contribution in [0.3, 0.4) is 0 Å². The highest BCUT2D eigenvalue weighted by Gasteiger charge is 2.27. The lowest BCUT2D eigenvalue weighted by Crippen LogP contribution is -2.39. The minimum absolute atomic E-state index is 0.00636. The number of halogens is 1. The van der Waals surface area contributed by atoms with E-state index in [1.807, 2.05) is 22.9 Å². The van der Waals surface area contributed by atoms with Crippen molar-refractivity contribution >= 4 is 29.1 Å². The molecule has 2 aromatic rings. The van der Waals surface area contributed by atoms with Crippen molar-refractivity contribution in [2.45, 2.75) is 39.2 Å². The van der Waals surface area contributed by atoms with Crippen molar-refractivity contribution in [3.8, 4) is 0 Å². The lowest BCUT2D eigenvalue weighted by atomic mass is 9.96. The van der Waals surface area contributed by atoms with Gasteiger partial charge < -0.3 is 10.2 Å². The highest BCUT2D eigenvalue weighted by atomic mass is 35.5. The zero-order chi connectivity index (χ0) is 18.0. The molecular formula is C18H24ClN5O. The van der Waals surface area contributed by atoms with Gasteiger partial charge in [0.05, 0.1) is 16.8 Å². The second-order valence-corrected chi connectivity index (χ2v) is 7.82. The number of nitrogens with zero attached hydrogens (tertiary/aromatic N) is 4. The molecule has 1 aliphatic rings. The summed E-state index contributed by atoms with van der Waals surface area (Å²) in [7, 11) is 0. The topological polar surface area (TPSA) is 63.1 Å². The number of pyridine rings is 1. The Hall–Kier alpha value is -2.08. The van der Waals surface area contributed by atoms with E-state index < -0.39 is 0 Å². The molecule has 3 rings (SSSR count). The fourth-order valence-electron chi connectivity index (χ4n) is 3.09. The molecule has 7 heteroatoms. The van der Waals surface area contributed by atoms with Crippen molar-refractivity contribution in [2.75, 3.05) is 23.3 Å². The molecule has 1 aliphatic heterocycles. The second-order valence-electron chi connectivity index (χ2n) is 7.38. The number of rotatable bonds is 3. The standard InChI is InChI=1S/C18H24ClN5O/c1-18(2,3)24-16(6-9-21-24)22-17(25)13-7-10-23(11-8-13)15-5-4-14(19)12-20-15/h4-6,9,12-13H,7-8,10-11H2,1-3H3,(H,22,25). The Balaban J connectivity index is 1.59. The maximum atomic E-state index is 12.6. The number of aromatic nitrogens is 3. The number of carbonyl (C=O) groups excluding carboxylic acids is 1. The van der Waals surface area contributed by atoms with Gasteiger partial charge in [-0.15, -0.1) is 0 Å². The average molecular weight is 362 g/mol. The number of piperidine rings is 1. The minimum Gasteiger partial charge on any atom is -0.357 e. The van der Waals surface area contributed by atoms with E-state index in [2.05, 4.69) is 41.1 Å². The smallest absolute Gasteiger partial charge is 0.228 e. The fourth-order valence-corrected chi connectivity index (χ4v) is 3.20. The van der Waals surface area contributed by atoms with Crippen LogP contribution in [0.4, 0.5) is 11.6 Å². The van der Waals surface area contributed by atoms with Gasteiger partial charge in [-0.2, -0.15) is 5.10 Å². The maximum absolute atomic E-state index is 12.6. The molecule has 134 valence electrons. The van der Waals surface area contributed by atoms with Gasteiger partial charge in [0.15, 0.2) is 0 Å². The fraction of sp³-hybridized carbons (Fsp3) is 0.500. The van der Waals surface area contributed by atoms with E-state index in [4.69, 9.17) is 11.6 Å². The molecule has 0 atom stereocenters. The van der Waals surface area contributed by atoms with Crippen molar-refractivity contribution in [1.82, 2.24) is 14.8 Å². The van der Waals surface area contributed by atoms with E-state index in [-0.39, 0.29) is 17.4 Å². The van der Waals surface area contributed by atoms with Crippen LogP contribution < -0.4 is 10.2 Å². The molecule has 1 fully saturated rings. The van der Waals surface area contributed by atoms with Gasteiger partial charge in [0.25, 0.3) is 0 Å². The summed E-state index contributed by atoms with van der Waals surface area (Å²) >= 11 is 5.89. The zero-order valence-electron chi connectivity index (χ0n) is 14.9. The van der Waals surface area contributed by atoms with Crippen LogP contribution in [0.1, 0.15) is 33.6 Å². The molecule has 0 radical (unpaired) electrons. The molecule has 6 nitrogen and oxygen atoms in total. The molecule has 0 aliphatic carbocycles. The van der Waals surface area contributed by atoms with Gasteiger partial charge in [0.2, 0.25) is 5.91 Å². The van der Waals surface area contributed by atoms with Crippen molar-refractivity contribution < 1.29 is 4.79 Å². The van der Waals surface area contributed by atoms with Gasteiger partial charge in [0, 0.05) is 31.3 Å². The summed E-state index contributed by atoms with van der Waals surface area (Å²) in [5.41, 5.74) is -0.171. The highest BCUT2D eigenvalue weighted by Crippen LogP contribution is 2.25. The Morgan fingerprint density at radius 1 is 1.24 bits per heavy atom. The second kappa shape index (κ2) is 7.04. The largest absolute Gasteiger partial charge is 0.357 e. The van der Waals surface area contributed by atoms with Gasteiger partial charge >= 0.3 is 0 Å². The summed E-state index contributed by atoms with van der Waals surface area (Å²) in [5, 5.41) is 7.99. The van der Waals surface area contributed by atoms with Crippen molar-refractivity contribution in [3.05, 3.63) is 35.6 Å². The molecular weight excluding hydrogens is 338 g/mol. The van der Waals surface area contributed by atoms with E-state index in [1.54, 1.807) is 12.4 Å². The van der Waals surface area contributed by atoms with Gasteiger partial charge in [-0.05, 0) is 45.7 Å². The van der Waals surface area contributed by atoms with Crippen LogP contribution in [0.2, 0.25) is 5.02 Å². The first-order chi connectivity index (χ1) is 11.8. The van der Waals surface area contributed by atoms with E-state index in [9.17, 15) is 4.79 Å². The Morgan fingerprint density at radius 2 is 1.96 bits per heavy atom. The van der Waals surface area contributed by atoms with E-state index in [0.29, 0.717) is 5.02 Å². The maximum Gasteiger partial charge on any atom is 0.228 e. The predicted molar refractivity (Wildman–Crippen MR) is 100 cm³/mol. The molecule has 3 heterocycles. The van der Waals surface area contributed by atoms with Crippen molar-refractivity contribution in [2.24, 2.45) is 5.92 Å². The van der Waals surface area contributed by atoms with Crippen LogP contribution in [0, 0.1) is 5.92 Å². The number of nitrogens with one attached hydrogen (secondary N) is 1. The molecule has 0 saturated carbocycles. The van der Waals surface area contributed by atoms with E-state index in [0.717, 1.165) is 37.6 Å². The summed E-state index contributed by atoms with van der Waals surface area (Å²) in [6.45, 7) is 7.81. The van der Waals surface area contributed by atoms with Crippen molar-refractivity contribution in [3.63, 3.8) is 0 Å². The molecule has 1 saturated heterocycles. The molecule has 0 aromatic carbocycles. The van der Waals surface area contributed by atoms with Crippen LogP contribution in [-0.4, -0.2) is 33.8 Å². The van der Waals surface area contributed by atoms with Crippen LogP contribution in [0.25, 0.3) is 0 Å². The SMILES string of the molecule is CC(C)(C)n1nccc1NC(=O)C1CCN(c2ccc(Cl)cn2)CC1. The summed E-state index contributed by atoms with van der Waals surface area (Å²) < 4.78 is 1.84. The number of hydrogen-bond donors (Lipinski definition) is 1. The Bertz CT molecular complexity index is 727. The lowest BCUT2D eigenvalue weighted by Gasteiger charge is -2.32. The Kier molecular flexibility index (Phi) is 4.99. The Morgan fingerprint density at radius 3 is 2.56 bits per heavy atom. The van der Waals surface area contributed by atoms with Gasteiger partial charge in [0.1, 0.15) is 11.6 Å². The summed E-state index contributed by atoms with van der Waals surface area (Å²) in [6.07, 6.45) is 4.98. The van der Waals surface area contributed by atoms with Gasteiger partial charge in [-0.3, -0.25) is 4.79 Å². The van der Waals surface area contributed by atoms with Crippen LogP contribution in [0.15, 0.2) is 30.6 Å². The molecule has 1 amide bonds. The number of amides is 1. The first-order valence-corrected chi connectivity index (χ1v) is 8.94. The quantitative estimate of drug-likeness (QED) is 0.908. The van der Waals surface area contributed by atoms with Gasteiger partial charge in [-0.25, -0.2) is 9.67 Å². The predicted octanol–water partition coefficient (Wildman–Crippen LogP) is 3.54. The minimum atomic E-state index is -0.171. The third-order valence-electron chi connectivity index (χ3n) is 4.43. The summed E-state index contributed by atoms with van der Waals surface area (Å²) in [4.78, 5) is 19.2. The third kappa shape index (κ3) is 4.12. The zero-order valence-corrected chi connectivity index (χ0v) is 15.6. The van der Waals surface area contributed by atoms with Crippen LogP contribution in [-0.2, 0) is 10.3 Å². The third-order valence-corrected chi connectivity index (χ3v) is 4.65. The molecule has 1 N–H and O–H groups in total. The molecule has 0 spiro atoms. The van der Waals surface area contributed by atoms with E-state index >= 15 is 0 Å². The molecule has 0 bridgehead atoms. The molecule has 25 heavy (non-hydrogen) atoms. The first-order valence-electron chi connectivity index (χ1n) is 8.56. The monoisotopic (exact) mass is 361 g/mol. The lowest BCUT2D eigenvalue weighted by molar-refractivity contribution is -0.120. The van der Waals surface area contributed by atoms with E-state index in [1.165, 1.54) is 0 Å². The van der Waals surface area contributed by atoms with Crippen molar-refractivity contribution in [1.29, 1.82) is 0 Å². The molecule has 2 aromatic heterocycles. The van der Waals surface area contributed by atoms with Crippen LogP contribution >= 0.6 is 11.6 Å².